The molecule has 0 amide bonds. The van der Waals surface area contributed by atoms with Gasteiger partial charge in [-0.3, -0.25) is 19.2 Å². The van der Waals surface area contributed by atoms with E-state index in [1.54, 1.807) is 62.8 Å². The van der Waals surface area contributed by atoms with Gasteiger partial charge in [-0.1, -0.05) is 0 Å². The van der Waals surface area contributed by atoms with E-state index in [1.165, 1.54) is 14.2 Å². The number of benzene rings is 2. The van der Waals surface area contributed by atoms with Crippen LogP contribution in [0.2, 0.25) is 0 Å². The summed E-state index contributed by atoms with van der Waals surface area (Å²) < 4.78 is 18.7. The van der Waals surface area contributed by atoms with E-state index in [4.69, 9.17) is 9.47 Å². The molecule has 0 bridgehead atoms. The number of carbonyl (C=O) groups is 4. The molecule has 2 aromatic carbocycles. The minimum Gasteiger partial charge on any atom is -0.497 e. The number of ether oxygens (including phenoxy) is 4. The van der Waals surface area contributed by atoms with Crippen LogP contribution in [0.1, 0.15) is 33.6 Å². The van der Waals surface area contributed by atoms with Gasteiger partial charge in [0.25, 0.3) is 0 Å². The largest absolute Gasteiger partial charge is 0.497 e. The molecule has 0 N–H and O–H groups in total. The molecule has 0 aliphatic rings. The number of rotatable bonds is 8. The Bertz CT molecular complexity index is 780. The molecule has 8 heteroatoms. The fourth-order valence-electron chi connectivity index (χ4n) is 2.16. The molecule has 160 valence electrons. The van der Waals surface area contributed by atoms with Crippen molar-refractivity contribution in [2.75, 3.05) is 28.4 Å². The number of methoxy groups -OCH3 is 4. The first-order chi connectivity index (χ1) is 14.3. The van der Waals surface area contributed by atoms with Gasteiger partial charge in [0.05, 0.1) is 28.4 Å². The van der Waals surface area contributed by atoms with Crippen LogP contribution in [0.25, 0.3) is 0 Å². The van der Waals surface area contributed by atoms with Crippen LogP contribution in [0.3, 0.4) is 0 Å². The van der Waals surface area contributed by atoms with Crippen molar-refractivity contribution in [2.24, 2.45) is 0 Å². The lowest BCUT2D eigenvalue weighted by Gasteiger charge is -2.02. The van der Waals surface area contributed by atoms with Crippen LogP contribution in [0.5, 0.6) is 11.5 Å². The molecule has 0 atom stereocenters. The Morgan fingerprint density at radius 3 is 1.10 bits per heavy atom. The van der Waals surface area contributed by atoms with Crippen LogP contribution >= 0.6 is 0 Å². The van der Waals surface area contributed by atoms with Gasteiger partial charge < -0.3 is 18.9 Å². The van der Waals surface area contributed by atoms with Gasteiger partial charge in [-0.15, -0.1) is 0 Å². The molecule has 0 aromatic heterocycles. The maximum Gasteiger partial charge on any atom is 0.313 e. The second-order valence-corrected chi connectivity index (χ2v) is 5.81. The van der Waals surface area contributed by atoms with Gasteiger partial charge in [0.2, 0.25) is 0 Å². The van der Waals surface area contributed by atoms with Gasteiger partial charge in [-0.2, -0.15) is 0 Å². The zero-order valence-electron chi connectivity index (χ0n) is 17.3. The van der Waals surface area contributed by atoms with E-state index in [1.807, 2.05) is 0 Å². The molecular weight excluding hydrogens is 392 g/mol. The predicted molar refractivity (Wildman–Crippen MR) is 108 cm³/mol. The first-order valence-electron chi connectivity index (χ1n) is 8.82. The van der Waals surface area contributed by atoms with Gasteiger partial charge in [-0.25, -0.2) is 0 Å². The highest BCUT2D eigenvalue weighted by Gasteiger charge is 2.12. The second kappa shape index (κ2) is 12.7. The fraction of sp³-hybridized carbons (Fsp3) is 0.273. The van der Waals surface area contributed by atoms with Gasteiger partial charge in [0, 0.05) is 11.1 Å². The molecule has 0 saturated heterocycles. The van der Waals surface area contributed by atoms with Crippen molar-refractivity contribution < 1.29 is 38.1 Å². The summed E-state index contributed by atoms with van der Waals surface area (Å²) in [5, 5.41) is 0. The van der Waals surface area contributed by atoms with Crippen molar-refractivity contribution in [2.45, 2.75) is 12.8 Å². The van der Waals surface area contributed by atoms with Crippen LogP contribution < -0.4 is 9.47 Å². The Hall–Kier alpha value is -3.68. The molecule has 0 unspecified atom stereocenters. The number of hydrogen-bond acceptors (Lipinski definition) is 8. The average molecular weight is 416 g/mol. The summed E-state index contributed by atoms with van der Waals surface area (Å²) in [7, 11) is 5.60. The van der Waals surface area contributed by atoms with Crippen molar-refractivity contribution in [3.63, 3.8) is 0 Å². The molecule has 8 nitrogen and oxygen atoms in total. The molecule has 0 aliphatic carbocycles. The van der Waals surface area contributed by atoms with E-state index in [0.29, 0.717) is 22.6 Å². The maximum absolute atomic E-state index is 11.5. The molecule has 0 fully saturated rings. The predicted octanol–water partition coefficient (Wildman–Crippen LogP) is 2.88. The summed E-state index contributed by atoms with van der Waals surface area (Å²) in [6, 6.07) is 13.1. The molecule has 2 aromatic rings. The first-order valence-corrected chi connectivity index (χ1v) is 8.82. The van der Waals surface area contributed by atoms with Crippen molar-refractivity contribution >= 4 is 23.5 Å². The zero-order chi connectivity index (χ0) is 22.5. The first kappa shape index (κ1) is 24.4. The fourth-order valence-corrected chi connectivity index (χ4v) is 2.16. The number of Topliss-reactive ketones (excluding diaryl/α,β-unsaturated/α-hetero) is 2. The average Bonchev–Trinajstić information content (AvgIpc) is 2.79. The van der Waals surface area contributed by atoms with E-state index >= 15 is 0 Å². The van der Waals surface area contributed by atoms with Crippen molar-refractivity contribution in [3.05, 3.63) is 59.7 Å². The monoisotopic (exact) mass is 416 g/mol. The zero-order valence-corrected chi connectivity index (χ0v) is 17.3. The summed E-state index contributed by atoms with van der Waals surface area (Å²) in [5.41, 5.74) is 0.947. The Morgan fingerprint density at radius 1 is 0.567 bits per heavy atom. The lowest BCUT2D eigenvalue weighted by atomic mass is 10.1. The smallest absolute Gasteiger partial charge is 0.313 e. The lowest BCUT2D eigenvalue weighted by Crippen LogP contribution is -2.09. The Morgan fingerprint density at radius 2 is 0.867 bits per heavy atom. The van der Waals surface area contributed by atoms with Crippen LogP contribution in [0.15, 0.2) is 48.5 Å². The highest BCUT2D eigenvalue weighted by molar-refractivity contribution is 6.06. The third-order valence-electron chi connectivity index (χ3n) is 3.89. The third kappa shape index (κ3) is 8.14. The van der Waals surface area contributed by atoms with Gasteiger partial charge >= 0.3 is 11.9 Å². The minimum atomic E-state index is -0.532. The Balaban J connectivity index is 0.000000300. The third-order valence-corrected chi connectivity index (χ3v) is 3.89. The molecular formula is C22H24O8. The van der Waals surface area contributed by atoms with E-state index in [0.717, 1.165) is 0 Å². The molecule has 0 aliphatic heterocycles. The summed E-state index contributed by atoms with van der Waals surface area (Å²) in [5.74, 6) is -0.241. The van der Waals surface area contributed by atoms with Gasteiger partial charge in [0.1, 0.15) is 24.3 Å². The van der Waals surface area contributed by atoms with Crippen LogP contribution in [-0.2, 0) is 19.1 Å². The van der Waals surface area contributed by atoms with E-state index < -0.39 is 11.9 Å². The summed E-state index contributed by atoms with van der Waals surface area (Å²) in [6.07, 6.45) is -0.467. The van der Waals surface area contributed by atoms with Crippen molar-refractivity contribution in [1.29, 1.82) is 0 Å². The molecule has 0 heterocycles. The van der Waals surface area contributed by atoms with Gasteiger partial charge in [0.15, 0.2) is 11.6 Å². The summed E-state index contributed by atoms with van der Waals surface area (Å²) in [4.78, 5) is 44.6. The van der Waals surface area contributed by atoms with E-state index in [2.05, 4.69) is 9.47 Å². The van der Waals surface area contributed by atoms with E-state index in [9.17, 15) is 19.2 Å². The molecule has 0 saturated carbocycles. The SMILES string of the molecule is COC(=O)CC(=O)c1ccc(OC)cc1.COC(=O)CC(=O)c1ccc(OC)cc1. The number of ketones is 2. The molecule has 2 rings (SSSR count). The summed E-state index contributed by atoms with van der Waals surface area (Å²) in [6.45, 7) is 0. The van der Waals surface area contributed by atoms with Gasteiger partial charge in [-0.05, 0) is 48.5 Å². The van der Waals surface area contributed by atoms with Crippen molar-refractivity contribution in [3.8, 4) is 11.5 Å². The normalized spacial score (nSPS) is 9.47. The lowest BCUT2D eigenvalue weighted by molar-refractivity contribution is -0.140. The van der Waals surface area contributed by atoms with Crippen LogP contribution in [-0.4, -0.2) is 51.9 Å². The van der Waals surface area contributed by atoms with Crippen LogP contribution in [0, 0.1) is 0 Å². The highest BCUT2D eigenvalue weighted by Crippen LogP contribution is 2.13. The number of carbonyl (C=O) groups excluding carboxylic acids is 4. The topological polar surface area (TPSA) is 105 Å². The highest BCUT2D eigenvalue weighted by atomic mass is 16.5. The van der Waals surface area contributed by atoms with E-state index in [-0.39, 0.29) is 24.4 Å². The molecule has 30 heavy (non-hydrogen) atoms. The Labute approximate surface area is 174 Å². The quantitative estimate of drug-likeness (QED) is 0.367. The molecule has 0 spiro atoms. The second-order valence-electron chi connectivity index (χ2n) is 5.81. The van der Waals surface area contributed by atoms with Crippen LogP contribution in [0.4, 0.5) is 0 Å². The Kier molecular flexibility index (Phi) is 10.3. The maximum atomic E-state index is 11.5. The summed E-state index contributed by atoms with van der Waals surface area (Å²) >= 11 is 0. The van der Waals surface area contributed by atoms with Crippen molar-refractivity contribution in [1.82, 2.24) is 0 Å². The number of hydrogen-bond donors (Lipinski definition) is 0. The minimum absolute atomic E-state index is 0.233. The standard InChI is InChI=1S/2C11H12O4/c2*1-14-9-5-3-8(4-6-9)10(12)7-11(13)15-2/h2*3-6H,7H2,1-2H3. The molecule has 0 radical (unpaired) electrons. The number of esters is 2.